The molecule has 0 saturated heterocycles. The number of aromatic nitrogens is 2. The molecule has 348 valence electrons. The highest BCUT2D eigenvalue weighted by Crippen LogP contribution is 2.43. The lowest BCUT2D eigenvalue weighted by molar-refractivity contribution is -0.892. The maximum atomic E-state index is 12.1. The summed E-state index contributed by atoms with van der Waals surface area (Å²) in [7, 11) is -2.23. The minimum absolute atomic E-state index is 0.0473. The predicted octanol–water partition coefficient (Wildman–Crippen LogP) is 5.20. The van der Waals surface area contributed by atoms with Crippen LogP contribution in [0.25, 0.3) is 0 Å². The molecule has 0 spiro atoms. The highest BCUT2D eigenvalue weighted by Gasteiger charge is 2.35. The summed E-state index contributed by atoms with van der Waals surface area (Å²) >= 11 is 0. The monoisotopic (exact) mass is 920 g/mol. The number of carboxylic acid groups (broad SMARTS) is 2. The molecule has 0 fully saturated rings. The van der Waals surface area contributed by atoms with Crippen LogP contribution in [0.5, 0.6) is 11.5 Å². The van der Waals surface area contributed by atoms with E-state index < -0.39 is 31.2 Å². The fraction of sp³-hybridized carbons (Fsp3) is 0.154. The summed E-state index contributed by atoms with van der Waals surface area (Å²) in [5.41, 5.74) is 3.68. The average Bonchev–Trinajstić information content (AvgIpc) is 3.36. The van der Waals surface area contributed by atoms with Crippen molar-refractivity contribution in [3.05, 3.63) is 228 Å². The first kappa shape index (κ1) is 50.8. The Labute approximate surface area is 393 Å². The van der Waals surface area contributed by atoms with Crippen molar-refractivity contribution in [3.8, 4) is 11.5 Å². The van der Waals surface area contributed by atoms with Gasteiger partial charge in [0, 0.05) is 45.7 Å². The Morgan fingerprint density at radius 1 is 0.529 bits per heavy atom. The number of aromatic carboxylic acids is 2. The molecule has 0 aliphatic carbocycles. The SMILES string of the molecule is CCO[n+]1ccccc1C(=O)Oc1cccc(C(=O)O)c1.CCO[n+]1ccccc1C(=O)Oc1cccc(C(=O)O)c1.[O-]B([O-])OCCCC(c1ccccc1)(c1ccccc1)c1ccccc1. The summed E-state index contributed by atoms with van der Waals surface area (Å²) in [5, 5.41) is 39.2. The molecule has 7 aromatic rings. The first-order chi connectivity index (χ1) is 33.0. The lowest BCUT2D eigenvalue weighted by Crippen LogP contribution is -2.48. The van der Waals surface area contributed by atoms with Crippen molar-refractivity contribution in [2.45, 2.75) is 32.1 Å². The van der Waals surface area contributed by atoms with E-state index in [2.05, 4.69) is 36.4 Å². The van der Waals surface area contributed by atoms with Crippen LogP contribution in [-0.4, -0.2) is 61.2 Å². The molecule has 0 aliphatic rings. The quantitative estimate of drug-likeness (QED) is 0.0284. The number of rotatable bonds is 18. The molecular weight excluding hydrogens is 871 g/mol. The van der Waals surface area contributed by atoms with E-state index in [-0.39, 0.29) is 46.0 Å². The van der Waals surface area contributed by atoms with Crippen LogP contribution in [0.2, 0.25) is 0 Å². The Morgan fingerprint density at radius 2 is 0.912 bits per heavy atom. The summed E-state index contributed by atoms with van der Waals surface area (Å²) in [4.78, 5) is 56.6. The smallest absolute Gasteiger partial charge is 0.414 e. The third-order valence-corrected chi connectivity index (χ3v) is 9.94. The zero-order chi connectivity index (χ0) is 48.7. The Kier molecular flexibility index (Phi) is 19.5. The van der Waals surface area contributed by atoms with E-state index in [1.165, 1.54) is 74.7 Å². The fourth-order valence-electron chi connectivity index (χ4n) is 7.00. The first-order valence-corrected chi connectivity index (χ1v) is 21.5. The van der Waals surface area contributed by atoms with Gasteiger partial charge in [0.25, 0.3) is 0 Å². The number of esters is 2. The summed E-state index contributed by atoms with van der Waals surface area (Å²) in [6.45, 7) is 4.54. The third-order valence-electron chi connectivity index (χ3n) is 9.94. The number of benzene rings is 5. The molecule has 15 nitrogen and oxygen atoms in total. The summed E-state index contributed by atoms with van der Waals surface area (Å²) in [6.07, 6.45) is 4.53. The molecule has 5 aromatic carbocycles. The van der Waals surface area contributed by atoms with Crippen molar-refractivity contribution >= 4 is 31.2 Å². The average molecular weight is 921 g/mol. The van der Waals surface area contributed by atoms with Gasteiger partial charge in [0.05, 0.1) is 18.4 Å². The van der Waals surface area contributed by atoms with Crippen molar-refractivity contribution in [2.75, 3.05) is 19.8 Å². The highest BCUT2D eigenvalue weighted by molar-refractivity contribution is 6.28. The fourth-order valence-corrected chi connectivity index (χ4v) is 7.00. The minimum Gasteiger partial charge on any atom is -0.871 e. The molecule has 0 bridgehead atoms. The molecule has 0 saturated carbocycles. The van der Waals surface area contributed by atoms with E-state index in [4.69, 9.17) is 34.0 Å². The van der Waals surface area contributed by atoms with Gasteiger partial charge < -0.3 is 34.4 Å². The van der Waals surface area contributed by atoms with Crippen LogP contribution >= 0.6 is 0 Å². The highest BCUT2D eigenvalue weighted by atomic mass is 16.7. The summed E-state index contributed by atoms with van der Waals surface area (Å²) in [5.74, 6) is -3.12. The van der Waals surface area contributed by atoms with Crippen molar-refractivity contribution < 1.29 is 72.7 Å². The summed E-state index contributed by atoms with van der Waals surface area (Å²) < 4.78 is 17.7. The summed E-state index contributed by atoms with van der Waals surface area (Å²) in [6, 6.07) is 52.4. The number of carbonyl (C=O) groups is 4. The van der Waals surface area contributed by atoms with Crippen LogP contribution in [0.1, 0.15) is 85.1 Å². The Morgan fingerprint density at radius 3 is 1.26 bits per heavy atom. The van der Waals surface area contributed by atoms with Gasteiger partial charge >= 0.3 is 35.3 Å². The van der Waals surface area contributed by atoms with Crippen molar-refractivity contribution in [2.24, 2.45) is 0 Å². The van der Waals surface area contributed by atoms with Gasteiger partial charge in [0.15, 0.2) is 13.2 Å². The standard InChI is InChI=1S/C22H21BO3.2C15H13NO5/c24-23(25)26-18-10-17-22(19-11-4-1-5-12-19,20-13-6-2-7-14-20)21-15-8-3-9-16-21;2*1-2-20-16-9-4-3-8-13(16)15(19)21-12-7-5-6-11(10-12)14(17)18/h1-9,11-16H,10,17-18H2;2*3-10H,2H2,1H3/q-2;;/p+2. The molecule has 0 atom stereocenters. The molecule has 0 aliphatic heterocycles. The van der Waals surface area contributed by atoms with Gasteiger partial charge in [-0.05, 0) is 91.9 Å². The molecular formula is C52H49BN2O13. The maximum Gasteiger partial charge on any atom is 0.414 e. The molecule has 68 heavy (non-hydrogen) atoms. The number of ether oxygens (including phenoxy) is 2. The number of nitrogens with zero attached hydrogens (tertiary/aromatic N) is 2. The van der Waals surface area contributed by atoms with E-state index in [1.54, 1.807) is 62.6 Å². The number of hydrogen-bond acceptors (Lipinski definition) is 11. The molecule has 0 amide bonds. The van der Waals surface area contributed by atoms with Crippen molar-refractivity contribution in [1.29, 1.82) is 0 Å². The number of hydrogen-bond donors (Lipinski definition) is 2. The zero-order valence-corrected chi connectivity index (χ0v) is 37.3. The van der Waals surface area contributed by atoms with E-state index in [0.717, 1.165) is 6.42 Å². The maximum absolute atomic E-state index is 12.1. The van der Waals surface area contributed by atoms with Gasteiger partial charge in [-0.2, -0.15) is 0 Å². The first-order valence-electron chi connectivity index (χ1n) is 21.5. The van der Waals surface area contributed by atoms with Crippen molar-refractivity contribution in [3.63, 3.8) is 0 Å². The second-order valence-corrected chi connectivity index (χ2v) is 14.4. The Bertz CT molecular complexity index is 2490. The van der Waals surface area contributed by atoms with Gasteiger partial charge in [-0.1, -0.05) is 103 Å². The van der Waals surface area contributed by atoms with Gasteiger partial charge in [-0.25, -0.2) is 19.2 Å². The normalized spacial score (nSPS) is 10.5. The largest absolute Gasteiger partial charge is 0.871 e. The topological polar surface area (TPSA) is 209 Å². The van der Waals surface area contributed by atoms with E-state index in [1.807, 2.05) is 54.6 Å². The van der Waals surface area contributed by atoms with Crippen LogP contribution in [0, 0.1) is 0 Å². The van der Waals surface area contributed by atoms with Crippen LogP contribution in [0.15, 0.2) is 188 Å². The number of carboxylic acids is 2. The van der Waals surface area contributed by atoms with E-state index >= 15 is 0 Å². The third kappa shape index (κ3) is 14.4. The molecule has 7 rings (SSSR count). The van der Waals surface area contributed by atoms with Gasteiger partial charge in [-0.3, -0.25) is 9.68 Å². The number of pyridine rings is 2. The van der Waals surface area contributed by atoms with Crippen molar-refractivity contribution in [1.82, 2.24) is 0 Å². The Balaban J connectivity index is 0.000000192. The van der Waals surface area contributed by atoms with Gasteiger partial charge in [0.2, 0.25) is 12.4 Å². The van der Waals surface area contributed by atoms with Gasteiger partial charge in [0.1, 0.15) is 11.5 Å². The van der Waals surface area contributed by atoms with Crippen LogP contribution in [-0.2, 0) is 10.1 Å². The number of carbonyl (C=O) groups excluding carboxylic acids is 2. The lowest BCUT2D eigenvalue weighted by Gasteiger charge is -2.37. The van der Waals surface area contributed by atoms with Gasteiger partial charge in [-0.15, -0.1) is 0 Å². The second-order valence-electron chi connectivity index (χ2n) is 14.4. The molecule has 0 radical (unpaired) electrons. The molecule has 2 heterocycles. The Hall–Kier alpha value is -8.18. The van der Waals surface area contributed by atoms with Crippen LogP contribution < -0.4 is 38.7 Å². The van der Waals surface area contributed by atoms with Crippen LogP contribution in [0.3, 0.4) is 0 Å². The molecule has 0 unspecified atom stereocenters. The molecule has 2 aromatic heterocycles. The van der Waals surface area contributed by atoms with Crippen LogP contribution in [0.4, 0.5) is 0 Å². The minimum atomic E-state index is -2.23. The second kappa shape index (κ2) is 26.1. The molecule has 2 N–H and O–H groups in total. The predicted molar refractivity (Wildman–Crippen MR) is 244 cm³/mol. The van der Waals surface area contributed by atoms with E-state index in [0.29, 0.717) is 19.6 Å². The lowest BCUT2D eigenvalue weighted by atomic mass is 9.67. The molecule has 16 heteroatoms. The van der Waals surface area contributed by atoms with E-state index in [9.17, 15) is 29.2 Å². The zero-order valence-electron chi connectivity index (χ0n) is 37.3.